The second kappa shape index (κ2) is 8.30. The van der Waals surface area contributed by atoms with Gasteiger partial charge in [0.2, 0.25) is 0 Å². The van der Waals surface area contributed by atoms with Gasteiger partial charge in [0.05, 0.1) is 0 Å². The summed E-state index contributed by atoms with van der Waals surface area (Å²) in [6, 6.07) is 9.33. The number of hydrogen-bond acceptors (Lipinski definition) is 5. The number of hydrogen-bond donors (Lipinski definition) is 2. The number of carbonyl (C=O) groups excluding carboxylic acids is 2. The number of ether oxygens (including phenoxy) is 2. The Balaban J connectivity index is 1.67. The van der Waals surface area contributed by atoms with Gasteiger partial charge in [0.15, 0.2) is 6.04 Å². The molecule has 1 saturated carbocycles. The maximum absolute atomic E-state index is 12.9. The molecule has 27 heavy (non-hydrogen) atoms. The van der Waals surface area contributed by atoms with Gasteiger partial charge in [0, 0.05) is 12.1 Å². The van der Waals surface area contributed by atoms with Crippen LogP contribution in [-0.4, -0.2) is 35.9 Å². The van der Waals surface area contributed by atoms with Crippen LogP contribution in [-0.2, 0) is 14.3 Å². The van der Waals surface area contributed by atoms with Crippen LogP contribution in [0.4, 0.5) is 4.79 Å². The van der Waals surface area contributed by atoms with Crippen molar-refractivity contribution >= 4 is 12.1 Å². The van der Waals surface area contributed by atoms with E-state index in [1.54, 1.807) is 32.9 Å². The van der Waals surface area contributed by atoms with Crippen LogP contribution in [0.1, 0.15) is 64.5 Å². The van der Waals surface area contributed by atoms with Crippen molar-refractivity contribution in [3.05, 3.63) is 35.9 Å². The van der Waals surface area contributed by atoms with E-state index in [1.807, 2.05) is 18.2 Å². The average molecular weight is 374 g/mol. The predicted octanol–water partition coefficient (Wildman–Crippen LogP) is 3.47. The van der Waals surface area contributed by atoms with Crippen LogP contribution in [0.15, 0.2) is 30.3 Å². The summed E-state index contributed by atoms with van der Waals surface area (Å²) in [4.78, 5) is 25.2. The van der Waals surface area contributed by atoms with Crippen molar-refractivity contribution in [2.45, 2.75) is 82.7 Å². The van der Waals surface area contributed by atoms with Crippen LogP contribution in [0.2, 0.25) is 0 Å². The van der Waals surface area contributed by atoms with Crippen LogP contribution < -0.4 is 10.6 Å². The molecule has 1 aromatic rings. The molecule has 6 nitrogen and oxygen atoms in total. The molecular formula is C21H30N2O4. The average Bonchev–Trinajstić information content (AvgIpc) is 2.52. The normalized spacial score (nSPS) is 26.0. The molecule has 4 unspecified atom stereocenters. The Morgan fingerprint density at radius 1 is 1.11 bits per heavy atom. The fraction of sp³-hybridized carbons (Fsp3) is 0.619. The highest BCUT2D eigenvalue weighted by molar-refractivity contribution is 5.83. The monoisotopic (exact) mass is 374 g/mol. The lowest BCUT2D eigenvalue weighted by atomic mass is 9.84. The molecule has 2 aliphatic heterocycles. The summed E-state index contributed by atoms with van der Waals surface area (Å²) in [5.41, 5.74) is 0.0438. The van der Waals surface area contributed by atoms with Crippen molar-refractivity contribution in [2.24, 2.45) is 0 Å². The van der Waals surface area contributed by atoms with Gasteiger partial charge in [-0.1, -0.05) is 30.3 Å². The molecule has 148 valence electrons. The summed E-state index contributed by atoms with van der Waals surface area (Å²) in [6.07, 6.45) is 4.27. The van der Waals surface area contributed by atoms with Crippen molar-refractivity contribution in [3.63, 3.8) is 0 Å². The minimum Gasteiger partial charge on any atom is -0.461 e. The van der Waals surface area contributed by atoms with E-state index in [4.69, 9.17) is 9.47 Å². The molecule has 0 aromatic heterocycles. The Hall–Kier alpha value is -2.08. The number of fused-ring (bicyclic) bond motifs is 4. The third-order valence-electron chi connectivity index (χ3n) is 4.98. The second-order valence-corrected chi connectivity index (χ2v) is 8.51. The van der Waals surface area contributed by atoms with Crippen LogP contribution in [0, 0.1) is 0 Å². The number of amides is 1. The molecule has 1 amide bonds. The Morgan fingerprint density at radius 2 is 1.81 bits per heavy atom. The Morgan fingerprint density at radius 3 is 2.48 bits per heavy atom. The van der Waals surface area contributed by atoms with Crippen molar-refractivity contribution in [1.29, 1.82) is 0 Å². The van der Waals surface area contributed by atoms with Gasteiger partial charge in [-0.15, -0.1) is 0 Å². The van der Waals surface area contributed by atoms with Crippen LogP contribution in [0.25, 0.3) is 0 Å². The summed E-state index contributed by atoms with van der Waals surface area (Å²) in [5, 5.41) is 6.20. The number of alkyl carbamates (subject to hydrolysis) is 1. The smallest absolute Gasteiger partial charge is 0.408 e. The summed E-state index contributed by atoms with van der Waals surface area (Å²) in [6.45, 7) is 5.36. The molecule has 2 heterocycles. The number of rotatable bonds is 4. The van der Waals surface area contributed by atoms with Gasteiger partial charge in [-0.3, -0.25) is 0 Å². The van der Waals surface area contributed by atoms with Crippen molar-refractivity contribution in [1.82, 2.24) is 10.6 Å². The standard InChI is InChI=1S/C21H30N2O4/c1-21(2,3)27-20(25)23-18(14-8-5-4-6-9-14)19(24)26-17-11-7-10-15-12-16(13-17)22-15/h4-6,8-9,15-18,22H,7,10-13H2,1-3H3,(H,23,25). The van der Waals surface area contributed by atoms with Gasteiger partial charge < -0.3 is 20.1 Å². The molecule has 0 radical (unpaired) electrons. The highest BCUT2D eigenvalue weighted by Gasteiger charge is 2.35. The highest BCUT2D eigenvalue weighted by atomic mass is 16.6. The maximum atomic E-state index is 12.9. The number of nitrogens with one attached hydrogen (secondary N) is 2. The molecule has 4 atom stereocenters. The van der Waals surface area contributed by atoms with E-state index in [0.29, 0.717) is 17.6 Å². The number of carbonyl (C=O) groups is 2. The van der Waals surface area contributed by atoms with E-state index in [1.165, 1.54) is 0 Å². The predicted molar refractivity (Wildman–Crippen MR) is 102 cm³/mol. The lowest BCUT2D eigenvalue weighted by Gasteiger charge is -2.41. The molecule has 3 fully saturated rings. The molecule has 6 heteroatoms. The second-order valence-electron chi connectivity index (χ2n) is 8.51. The first-order valence-electron chi connectivity index (χ1n) is 9.81. The van der Waals surface area contributed by atoms with Crippen molar-refractivity contribution < 1.29 is 19.1 Å². The zero-order valence-electron chi connectivity index (χ0n) is 16.4. The zero-order valence-corrected chi connectivity index (χ0v) is 16.4. The summed E-state index contributed by atoms with van der Waals surface area (Å²) in [7, 11) is 0. The third-order valence-corrected chi connectivity index (χ3v) is 4.98. The van der Waals surface area contributed by atoms with Gasteiger partial charge in [-0.25, -0.2) is 9.59 Å². The summed E-state index contributed by atoms with van der Waals surface area (Å²) < 4.78 is 11.1. The van der Waals surface area contributed by atoms with Crippen molar-refractivity contribution in [3.8, 4) is 0 Å². The van der Waals surface area contributed by atoms with Gasteiger partial charge in [-0.05, 0) is 58.4 Å². The maximum Gasteiger partial charge on any atom is 0.408 e. The molecular weight excluding hydrogens is 344 g/mol. The van der Waals surface area contributed by atoms with E-state index in [-0.39, 0.29) is 6.10 Å². The van der Waals surface area contributed by atoms with E-state index in [2.05, 4.69) is 10.6 Å². The van der Waals surface area contributed by atoms with Crippen molar-refractivity contribution in [2.75, 3.05) is 0 Å². The van der Waals surface area contributed by atoms with Gasteiger partial charge in [-0.2, -0.15) is 0 Å². The van der Waals surface area contributed by atoms with E-state index in [0.717, 1.165) is 32.1 Å². The van der Waals surface area contributed by atoms with Gasteiger partial charge in [0.1, 0.15) is 11.7 Å². The summed E-state index contributed by atoms with van der Waals surface area (Å²) >= 11 is 0. The topological polar surface area (TPSA) is 76.7 Å². The van der Waals surface area contributed by atoms with E-state index < -0.39 is 23.7 Å². The van der Waals surface area contributed by atoms with E-state index in [9.17, 15) is 9.59 Å². The Kier molecular flexibility index (Phi) is 6.05. The molecule has 1 aromatic carbocycles. The largest absolute Gasteiger partial charge is 0.461 e. The fourth-order valence-corrected chi connectivity index (χ4v) is 3.73. The first kappa shape index (κ1) is 19.7. The molecule has 1 aliphatic carbocycles. The Labute approximate surface area is 161 Å². The highest BCUT2D eigenvalue weighted by Crippen LogP contribution is 2.28. The molecule has 2 saturated heterocycles. The molecule has 2 N–H and O–H groups in total. The quantitative estimate of drug-likeness (QED) is 0.789. The van der Waals surface area contributed by atoms with Gasteiger partial charge in [0.25, 0.3) is 0 Å². The third kappa shape index (κ3) is 5.70. The first-order chi connectivity index (χ1) is 12.8. The lowest BCUT2D eigenvalue weighted by Crippen LogP contribution is -2.55. The van der Waals surface area contributed by atoms with Gasteiger partial charge >= 0.3 is 12.1 Å². The Bertz CT molecular complexity index is 647. The number of benzene rings is 1. The van der Waals surface area contributed by atoms with Crippen LogP contribution in [0.3, 0.4) is 0 Å². The lowest BCUT2D eigenvalue weighted by molar-refractivity contribution is -0.153. The molecule has 3 aliphatic rings. The zero-order chi connectivity index (χ0) is 19.4. The van der Waals surface area contributed by atoms with E-state index >= 15 is 0 Å². The van der Waals surface area contributed by atoms with Crippen LogP contribution in [0.5, 0.6) is 0 Å². The number of esters is 1. The molecule has 2 bridgehead atoms. The fourth-order valence-electron chi connectivity index (χ4n) is 3.73. The SMILES string of the molecule is CC(C)(C)OC(=O)NC(C(=O)OC1CCCC2CC(C1)N2)c1ccccc1. The minimum absolute atomic E-state index is 0.122. The van der Waals surface area contributed by atoms with Crippen LogP contribution >= 0.6 is 0 Å². The molecule has 4 rings (SSSR count). The first-order valence-corrected chi connectivity index (χ1v) is 9.81. The molecule has 0 spiro atoms. The minimum atomic E-state index is -0.881. The summed E-state index contributed by atoms with van der Waals surface area (Å²) in [5.74, 6) is -0.437.